The molecule has 0 spiro atoms. The first-order chi connectivity index (χ1) is 15.2. The molecule has 172 valence electrons. The van der Waals surface area contributed by atoms with Crippen molar-refractivity contribution in [2.75, 3.05) is 6.54 Å². The topological polar surface area (TPSA) is 92.5 Å². The van der Waals surface area contributed by atoms with Crippen LogP contribution < -0.4 is 11.1 Å². The number of carbonyl (C=O) groups is 3. The first kappa shape index (κ1) is 23.8. The molecule has 2 aromatic carbocycles. The molecular weight excluding hydrogens is 402 g/mol. The van der Waals surface area contributed by atoms with Crippen LogP contribution in [0.15, 0.2) is 42.5 Å². The summed E-state index contributed by atoms with van der Waals surface area (Å²) >= 11 is 0. The maximum atomic E-state index is 13.2. The molecule has 1 aliphatic heterocycles. The SMILES string of the molecule is CC(C)C(C(=O)N1CCC[C@H]1C(=O)NC(Cc1ccc2ccccc2c1)C(N)=O)C(C)C. The minimum atomic E-state index is -0.827. The first-order valence-corrected chi connectivity index (χ1v) is 11.6. The van der Waals surface area contributed by atoms with Crippen LogP contribution in [0.25, 0.3) is 10.8 Å². The number of hydrogen-bond donors (Lipinski definition) is 2. The second-order valence-electron chi connectivity index (χ2n) is 9.55. The van der Waals surface area contributed by atoms with Crippen LogP contribution in [0.3, 0.4) is 0 Å². The average molecular weight is 438 g/mol. The molecule has 1 aliphatic rings. The van der Waals surface area contributed by atoms with Gasteiger partial charge in [-0.15, -0.1) is 0 Å². The Labute approximate surface area is 190 Å². The van der Waals surface area contributed by atoms with E-state index in [2.05, 4.69) is 5.32 Å². The van der Waals surface area contributed by atoms with Gasteiger partial charge in [0.05, 0.1) is 0 Å². The van der Waals surface area contributed by atoms with Crippen molar-refractivity contribution in [1.29, 1.82) is 0 Å². The van der Waals surface area contributed by atoms with Gasteiger partial charge in [0.1, 0.15) is 12.1 Å². The minimum absolute atomic E-state index is 0.0257. The van der Waals surface area contributed by atoms with Crippen molar-refractivity contribution >= 4 is 28.5 Å². The zero-order valence-electron chi connectivity index (χ0n) is 19.5. The highest BCUT2D eigenvalue weighted by atomic mass is 16.2. The Morgan fingerprint density at radius 1 is 1.03 bits per heavy atom. The smallest absolute Gasteiger partial charge is 0.243 e. The Hall–Kier alpha value is -2.89. The third-order valence-corrected chi connectivity index (χ3v) is 6.47. The van der Waals surface area contributed by atoms with E-state index in [0.29, 0.717) is 19.4 Å². The summed E-state index contributed by atoms with van der Waals surface area (Å²) in [4.78, 5) is 40.2. The van der Waals surface area contributed by atoms with Crippen LogP contribution in [0, 0.1) is 17.8 Å². The van der Waals surface area contributed by atoms with E-state index in [9.17, 15) is 14.4 Å². The summed E-state index contributed by atoms with van der Waals surface area (Å²) in [6.45, 7) is 8.74. The molecule has 2 aromatic rings. The third-order valence-electron chi connectivity index (χ3n) is 6.47. The molecule has 0 saturated carbocycles. The van der Waals surface area contributed by atoms with E-state index in [4.69, 9.17) is 5.73 Å². The summed E-state index contributed by atoms with van der Waals surface area (Å²) in [5.41, 5.74) is 6.56. The number of hydrogen-bond acceptors (Lipinski definition) is 3. The van der Waals surface area contributed by atoms with Crippen molar-refractivity contribution < 1.29 is 14.4 Å². The molecule has 1 unspecified atom stereocenters. The van der Waals surface area contributed by atoms with Gasteiger partial charge in [0.2, 0.25) is 17.7 Å². The fourth-order valence-corrected chi connectivity index (χ4v) is 4.93. The van der Waals surface area contributed by atoms with Crippen LogP contribution in [-0.4, -0.2) is 41.2 Å². The predicted molar refractivity (Wildman–Crippen MR) is 127 cm³/mol. The van der Waals surface area contributed by atoms with Gasteiger partial charge in [-0.2, -0.15) is 0 Å². The largest absolute Gasteiger partial charge is 0.368 e. The Morgan fingerprint density at radius 3 is 2.31 bits per heavy atom. The number of fused-ring (bicyclic) bond motifs is 1. The summed E-state index contributed by atoms with van der Waals surface area (Å²) in [6, 6.07) is 12.6. The molecule has 3 N–H and O–H groups in total. The summed E-state index contributed by atoms with van der Waals surface area (Å²) in [5.74, 6) is -0.599. The number of amides is 3. The second kappa shape index (κ2) is 10.2. The van der Waals surface area contributed by atoms with E-state index < -0.39 is 18.0 Å². The standard InChI is InChI=1S/C26H35N3O3/c1-16(2)23(17(3)4)26(32)29-13-7-10-22(29)25(31)28-21(24(27)30)15-18-11-12-19-8-5-6-9-20(19)14-18/h5-6,8-9,11-12,14,16-17,21-23H,7,10,13,15H2,1-4H3,(H2,27,30)(H,28,31)/t21?,22-/m0/s1. The number of nitrogens with one attached hydrogen (secondary N) is 1. The predicted octanol–water partition coefficient (Wildman–Crippen LogP) is 3.27. The number of likely N-dealkylation sites (tertiary alicyclic amines) is 1. The summed E-state index contributed by atoms with van der Waals surface area (Å²) in [7, 11) is 0. The first-order valence-electron chi connectivity index (χ1n) is 11.6. The van der Waals surface area contributed by atoms with Crippen LogP contribution in [0.1, 0.15) is 46.1 Å². The van der Waals surface area contributed by atoms with Crippen LogP contribution in [0.4, 0.5) is 0 Å². The minimum Gasteiger partial charge on any atom is -0.368 e. The van der Waals surface area contributed by atoms with Gasteiger partial charge >= 0.3 is 0 Å². The number of carbonyl (C=O) groups excluding carboxylic acids is 3. The van der Waals surface area contributed by atoms with Crippen molar-refractivity contribution in [3.8, 4) is 0 Å². The van der Waals surface area contributed by atoms with Crippen molar-refractivity contribution in [2.45, 2.75) is 59.0 Å². The molecule has 6 heteroatoms. The fraction of sp³-hybridized carbons (Fsp3) is 0.500. The monoisotopic (exact) mass is 437 g/mol. The molecular formula is C26H35N3O3. The highest BCUT2D eigenvalue weighted by molar-refractivity contribution is 5.93. The number of rotatable bonds is 8. The van der Waals surface area contributed by atoms with Crippen LogP contribution >= 0.6 is 0 Å². The van der Waals surface area contributed by atoms with E-state index in [1.165, 1.54) is 0 Å². The molecule has 2 atom stereocenters. The van der Waals surface area contributed by atoms with Gasteiger partial charge in [-0.3, -0.25) is 14.4 Å². The lowest BCUT2D eigenvalue weighted by Gasteiger charge is -2.32. The van der Waals surface area contributed by atoms with Gasteiger partial charge in [-0.25, -0.2) is 0 Å². The molecule has 1 saturated heterocycles. The van der Waals surface area contributed by atoms with Crippen molar-refractivity contribution in [1.82, 2.24) is 10.2 Å². The van der Waals surface area contributed by atoms with Crippen LogP contribution in [0.2, 0.25) is 0 Å². The molecule has 1 fully saturated rings. The van der Waals surface area contributed by atoms with Crippen molar-refractivity contribution in [3.63, 3.8) is 0 Å². The molecule has 0 radical (unpaired) electrons. The zero-order valence-corrected chi connectivity index (χ0v) is 19.5. The van der Waals surface area contributed by atoms with Crippen molar-refractivity contribution in [3.05, 3.63) is 48.0 Å². The highest BCUT2D eigenvalue weighted by Crippen LogP contribution is 2.28. The number of nitrogens with two attached hydrogens (primary N) is 1. The quantitative estimate of drug-likeness (QED) is 0.664. The molecule has 3 rings (SSSR count). The van der Waals surface area contributed by atoms with E-state index in [-0.39, 0.29) is 29.6 Å². The van der Waals surface area contributed by atoms with Gasteiger partial charge in [0.25, 0.3) is 0 Å². The third kappa shape index (κ3) is 5.29. The van der Waals surface area contributed by atoms with Gasteiger partial charge in [0.15, 0.2) is 0 Å². The molecule has 0 aromatic heterocycles. The maximum absolute atomic E-state index is 13.2. The lowest BCUT2D eigenvalue weighted by molar-refractivity contribution is -0.144. The zero-order chi connectivity index (χ0) is 23.4. The Balaban J connectivity index is 1.73. The van der Waals surface area contributed by atoms with Gasteiger partial charge < -0.3 is 16.0 Å². The summed E-state index contributed by atoms with van der Waals surface area (Å²) in [5, 5.41) is 5.01. The van der Waals surface area contributed by atoms with Crippen LogP contribution in [0.5, 0.6) is 0 Å². The van der Waals surface area contributed by atoms with E-state index in [1.807, 2.05) is 70.2 Å². The van der Waals surface area contributed by atoms with Gasteiger partial charge in [-0.05, 0) is 41.0 Å². The Morgan fingerprint density at radius 2 is 1.69 bits per heavy atom. The van der Waals surface area contributed by atoms with E-state index in [1.54, 1.807) is 4.90 Å². The van der Waals surface area contributed by atoms with Gasteiger partial charge in [-0.1, -0.05) is 70.2 Å². The summed E-state index contributed by atoms with van der Waals surface area (Å²) < 4.78 is 0. The van der Waals surface area contributed by atoms with Crippen molar-refractivity contribution in [2.24, 2.45) is 23.5 Å². The normalized spacial score (nSPS) is 17.3. The van der Waals surface area contributed by atoms with E-state index >= 15 is 0 Å². The Kier molecular flexibility index (Phi) is 7.54. The lowest BCUT2D eigenvalue weighted by atomic mass is 9.84. The summed E-state index contributed by atoms with van der Waals surface area (Å²) in [6.07, 6.45) is 1.69. The number of benzene rings is 2. The second-order valence-corrected chi connectivity index (χ2v) is 9.55. The molecule has 0 bridgehead atoms. The number of nitrogens with zero attached hydrogens (tertiary/aromatic N) is 1. The molecule has 32 heavy (non-hydrogen) atoms. The fourth-order valence-electron chi connectivity index (χ4n) is 4.93. The average Bonchev–Trinajstić information content (AvgIpc) is 3.22. The lowest BCUT2D eigenvalue weighted by Crippen LogP contribution is -2.54. The highest BCUT2D eigenvalue weighted by Gasteiger charge is 2.39. The molecule has 0 aliphatic carbocycles. The number of primary amides is 1. The molecule has 3 amide bonds. The molecule has 1 heterocycles. The Bertz CT molecular complexity index is 977. The van der Waals surface area contributed by atoms with E-state index in [0.717, 1.165) is 22.8 Å². The van der Waals surface area contributed by atoms with Gasteiger partial charge in [0, 0.05) is 18.9 Å². The van der Waals surface area contributed by atoms with Crippen LogP contribution in [-0.2, 0) is 20.8 Å². The molecule has 6 nitrogen and oxygen atoms in total. The maximum Gasteiger partial charge on any atom is 0.243 e.